The Morgan fingerprint density at radius 2 is 1.94 bits per heavy atom. The lowest BCUT2D eigenvalue weighted by atomic mass is 10.00. The first-order valence-electron chi connectivity index (χ1n) is 5.85. The predicted octanol–water partition coefficient (Wildman–Crippen LogP) is 2.97. The molecule has 0 radical (unpaired) electrons. The summed E-state index contributed by atoms with van der Waals surface area (Å²) in [7, 11) is 0. The van der Waals surface area contributed by atoms with Gasteiger partial charge in [-0.05, 0) is 42.5 Å². The van der Waals surface area contributed by atoms with Crippen molar-refractivity contribution in [1.29, 1.82) is 0 Å². The average Bonchev–Trinajstić information content (AvgIpc) is 2.23. The normalized spacial score (nSPS) is 10.6. The second-order valence-electron chi connectivity index (χ2n) is 4.75. The Morgan fingerprint density at radius 1 is 1.29 bits per heavy atom. The lowest BCUT2D eigenvalue weighted by Crippen LogP contribution is -2.08. The summed E-state index contributed by atoms with van der Waals surface area (Å²) in [6.45, 7) is 8.78. The van der Waals surface area contributed by atoms with Crippen LogP contribution in [0.1, 0.15) is 30.5 Å². The van der Waals surface area contributed by atoms with E-state index >= 15 is 0 Å². The third-order valence-corrected chi connectivity index (χ3v) is 2.76. The zero-order valence-corrected chi connectivity index (χ0v) is 10.9. The van der Waals surface area contributed by atoms with E-state index in [0.717, 1.165) is 22.4 Å². The summed E-state index contributed by atoms with van der Waals surface area (Å²) < 4.78 is 5.69. The average molecular weight is 236 g/mol. The van der Waals surface area contributed by atoms with E-state index in [-0.39, 0.29) is 6.42 Å². The van der Waals surface area contributed by atoms with Crippen molar-refractivity contribution in [2.24, 2.45) is 5.92 Å². The smallest absolute Gasteiger partial charge is 0.307 e. The second-order valence-corrected chi connectivity index (χ2v) is 4.75. The highest BCUT2D eigenvalue weighted by molar-refractivity contribution is 5.71. The number of hydrogen-bond acceptors (Lipinski definition) is 2. The molecule has 3 heteroatoms. The SMILES string of the molecule is Cc1c(CC(=O)O)ccc(OCC(C)C)c1C. The molecule has 0 saturated carbocycles. The van der Waals surface area contributed by atoms with Gasteiger partial charge in [-0.2, -0.15) is 0 Å². The standard InChI is InChI=1S/C14H20O3/c1-9(2)8-17-13-6-5-12(7-14(15)16)10(3)11(13)4/h5-6,9H,7-8H2,1-4H3,(H,15,16). The Bertz CT molecular complexity index is 408. The molecule has 0 heterocycles. The van der Waals surface area contributed by atoms with Crippen LogP contribution in [0.2, 0.25) is 0 Å². The van der Waals surface area contributed by atoms with E-state index in [1.165, 1.54) is 0 Å². The minimum Gasteiger partial charge on any atom is -0.493 e. The summed E-state index contributed by atoms with van der Waals surface area (Å²) in [4.78, 5) is 10.7. The van der Waals surface area contributed by atoms with Gasteiger partial charge in [0.2, 0.25) is 0 Å². The van der Waals surface area contributed by atoms with Crippen LogP contribution < -0.4 is 4.74 Å². The van der Waals surface area contributed by atoms with Crippen LogP contribution in [0.4, 0.5) is 0 Å². The summed E-state index contributed by atoms with van der Waals surface area (Å²) in [5, 5.41) is 8.80. The predicted molar refractivity (Wildman–Crippen MR) is 67.6 cm³/mol. The van der Waals surface area contributed by atoms with Crippen LogP contribution in [0.25, 0.3) is 0 Å². The van der Waals surface area contributed by atoms with Gasteiger partial charge in [-0.15, -0.1) is 0 Å². The molecule has 0 fully saturated rings. The van der Waals surface area contributed by atoms with Gasteiger partial charge in [-0.1, -0.05) is 19.9 Å². The number of aliphatic carboxylic acids is 1. The fourth-order valence-electron chi connectivity index (χ4n) is 1.62. The number of benzene rings is 1. The Kier molecular flexibility index (Phi) is 4.55. The molecule has 1 aromatic carbocycles. The molecular weight excluding hydrogens is 216 g/mol. The number of carboxylic acids is 1. The van der Waals surface area contributed by atoms with Gasteiger partial charge in [0, 0.05) is 0 Å². The maximum atomic E-state index is 10.7. The van der Waals surface area contributed by atoms with Gasteiger partial charge in [-0.3, -0.25) is 4.79 Å². The van der Waals surface area contributed by atoms with Crippen LogP contribution in [0.5, 0.6) is 5.75 Å². The van der Waals surface area contributed by atoms with E-state index in [4.69, 9.17) is 9.84 Å². The van der Waals surface area contributed by atoms with Crippen molar-refractivity contribution in [2.75, 3.05) is 6.61 Å². The van der Waals surface area contributed by atoms with E-state index in [2.05, 4.69) is 13.8 Å². The van der Waals surface area contributed by atoms with E-state index in [1.54, 1.807) is 0 Å². The first-order chi connectivity index (χ1) is 7.91. The van der Waals surface area contributed by atoms with Crippen molar-refractivity contribution in [3.05, 3.63) is 28.8 Å². The molecule has 1 rings (SSSR count). The number of hydrogen-bond donors (Lipinski definition) is 1. The lowest BCUT2D eigenvalue weighted by molar-refractivity contribution is -0.136. The number of carbonyl (C=O) groups is 1. The molecule has 0 bridgehead atoms. The van der Waals surface area contributed by atoms with Gasteiger partial charge in [0.25, 0.3) is 0 Å². The molecule has 0 aliphatic rings. The van der Waals surface area contributed by atoms with Crippen LogP contribution in [0.3, 0.4) is 0 Å². The molecule has 0 aromatic heterocycles. The summed E-state index contributed by atoms with van der Waals surface area (Å²) >= 11 is 0. The topological polar surface area (TPSA) is 46.5 Å². The molecule has 0 aliphatic carbocycles. The molecule has 94 valence electrons. The third kappa shape index (κ3) is 3.77. The van der Waals surface area contributed by atoms with Crippen molar-refractivity contribution < 1.29 is 14.6 Å². The van der Waals surface area contributed by atoms with Crippen LogP contribution in [0.15, 0.2) is 12.1 Å². The molecular formula is C14H20O3. The van der Waals surface area contributed by atoms with Crippen LogP contribution in [-0.4, -0.2) is 17.7 Å². The summed E-state index contributed by atoms with van der Waals surface area (Å²) in [5.74, 6) is 0.530. The summed E-state index contributed by atoms with van der Waals surface area (Å²) in [6.07, 6.45) is 0.0666. The van der Waals surface area contributed by atoms with Gasteiger partial charge in [0.05, 0.1) is 13.0 Å². The molecule has 0 spiro atoms. The van der Waals surface area contributed by atoms with Gasteiger partial charge < -0.3 is 9.84 Å². The molecule has 3 nitrogen and oxygen atoms in total. The number of carboxylic acid groups (broad SMARTS) is 1. The first-order valence-corrected chi connectivity index (χ1v) is 5.85. The van der Waals surface area contributed by atoms with Gasteiger partial charge in [0.15, 0.2) is 0 Å². The van der Waals surface area contributed by atoms with E-state index in [1.807, 2.05) is 26.0 Å². The number of ether oxygens (including phenoxy) is 1. The Balaban J connectivity index is 2.90. The molecule has 1 N–H and O–H groups in total. The zero-order chi connectivity index (χ0) is 13.0. The third-order valence-electron chi connectivity index (χ3n) is 2.76. The van der Waals surface area contributed by atoms with E-state index < -0.39 is 5.97 Å². The number of rotatable bonds is 5. The highest BCUT2D eigenvalue weighted by atomic mass is 16.5. The minimum atomic E-state index is -0.802. The molecule has 1 aromatic rings. The first kappa shape index (κ1) is 13.6. The van der Waals surface area contributed by atoms with Crippen LogP contribution in [-0.2, 0) is 11.2 Å². The zero-order valence-electron chi connectivity index (χ0n) is 10.9. The van der Waals surface area contributed by atoms with Crippen molar-refractivity contribution in [1.82, 2.24) is 0 Å². The molecule has 0 unspecified atom stereocenters. The molecule has 17 heavy (non-hydrogen) atoms. The Labute approximate surface area is 102 Å². The highest BCUT2D eigenvalue weighted by Gasteiger charge is 2.10. The van der Waals surface area contributed by atoms with E-state index in [0.29, 0.717) is 12.5 Å². The van der Waals surface area contributed by atoms with Crippen molar-refractivity contribution in [3.8, 4) is 5.75 Å². The van der Waals surface area contributed by atoms with Gasteiger partial charge in [0.1, 0.15) is 5.75 Å². The fourth-order valence-corrected chi connectivity index (χ4v) is 1.62. The largest absolute Gasteiger partial charge is 0.493 e. The second kappa shape index (κ2) is 5.71. The molecule has 0 aliphatic heterocycles. The van der Waals surface area contributed by atoms with Crippen molar-refractivity contribution >= 4 is 5.97 Å². The summed E-state index contributed by atoms with van der Waals surface area (Å²) in [5.41, 5.74) is 2.89. The summed E-state index contributed by atoms with van der Waals surface area (Å²) in [6, 6.07) is 3.70. The molecule has 0 saturated heterocycles. The monoisotopic (exact) mass is 236 g/mol. The maximum Gasteiger partial charge on any atom is 0.307 e. The Hall–Kier alpha value is -1.51. The maximum absolute atomic E-state index is 10.7. The quantitative estimate of drug-likeness (QED) is 0.855. The van der Waals surface area contributed by atoms with Crippen LogP contribution in [0, 0.1) is 19.8 Å². The van der Waals surface area contributed by atoms with Crippen LogP contribution >= 0.6 is 0 Å². The van der Waals surface area contributed by atoms with Gasteiger partial charge in [-0.25, -0.2) is 0 Å². The molecule has 0 amide bonds. The fraction of sp³-hybridized carbons (Fsp3) is 0.500. The molecule has 0 atom stereocenters. The lowest BCUT2D eigenvalue weighted by Gasteiger charge is -2.14. The highest BCUT2D eigenvalue weighted by Crippen LogP contribution is 2.25. The van der Waals surface area contributed by atoms with E-state index in [9.17, 15) is 4.79 Å². The van der Waals surface area contributed by atoms with Crippen molar-refractivity contribution in [2.45, 2.75) is 34.1 Å². The van der Waals surface area contributed by atoms with Gasteiger partial charge >= 0.3 is 5.97 Å². The Morgan fingerprint density at radius 3 is 2.47 bits per heavy atom. The minimum absolute atomic E-state index is 0.0666. The van der Waals surface area contributed by atoms with Crippen molar-refractivity contribution in [3.63, 3.8) is 0 Å².